The van der Waals surface area contributed by atoms with Crippen molar-refractivity contribution < 1.29 is 9.53 Å². The first-order valence-corrected chi connectivity index (χ1v) is 6.14. The fourth-order valence-corrected chi connectivity index (χ4v) is 2.19. The first-order chi connectivity index (χ1) is 6.94. The lowest BCUT2D eigenvalue weighted by Crippen LogP contribution is -2.39. The van der Waals surface area contributed by atoms with Crippen LogP contribution in [0.1, 0.15) is 23.5 Å². The van der Waals surface area contributed by atoms with Gasteiger partial charge in [-0.1, -0.05) is 0 Å². The highest BCUT2D eigenvalue weighted by Crippen LogP contribution is 2.21. The van der Waals surface area contributed by atoms with E-state index in [-0.39, 0.29) is 11.5 Å². The van der Waals surface area contributed by atoms with Crippen LogP contribution in [-0.4, -0.2) is 25.2 Å². The Morgan fingerprint density at radius 2 is 2.27 bits per heavy atom. The van der Waals surface area contributed by atoms with Crippen molar-refractivity contribution >= 4 is 33.2 Å². The van der Waals surface area contributed by atoms with Crippen molar-refractivity contribution in [2.45, 2.75) is 19.4 Å². The van der Waals surface area contributed by atoms with Crippen LogP contribution in [-0.2, 0) is 4.74 Å². The number of hydrogen-bond donors (Lipinski definition) is 1. The van der Waals surface area contributed by atoms with Gasteiger partial charge in [0.25, 0.3) is 5.91 Å². The number of amides is 1. The lowest BCUT2D eigenvalue weighted by Gasteiger charge is -2.22. The minimum atomic E-state index is -0.329. The molecule has 1 aromatic rings. The van der Waals surface area contributed by atoms with Gasteiger partial charge in [-0.25, -0.2) is 0 Å². The van der Waals surface area contributed by atoms with Crippen molar-refractivity contribution in [3.05, 3.63) is 20.8 Å². The molecule has 0 aliphatic carbocycles. The van der Waals surface area contributed by atoms with Gasteiger partial charge >= 0.3 is 0 Å². The highest BCUT2D eigenvalue weighted by atomic mass is 79.9. The summed E-state index contributed by atoms with van der Waals surface area (Å²) in [5.41, 5.74) is -0.329. The summed E-state index contributed by atoms with van der Waals surface area (Å²) >= 11 is 4.74. The zero-order valence-electron chi connectivity index (χ0n) is 8.96. The third kappa shape index (κ3) is 3.93. The van der Waals surface area contributed by atoms with E-state index in [1.807, 2.05) is 19.9 Å². The van der Waals surface area contributed by atoms with Gasteiger partial charge in [0.05, 0.1) is 14.3 Å². The van der Waals surface area contributed by atoms with Crippen molar-refractivity contribution in [1.82, 2.24) is 5.32 Å². The van der Waals surface area contributed by atoms with E-state index in [1.165, 1.54) is 11.3 Å². The maximum absolute atomic E-state index is 11.6. The van der Waals surface area contributed by atoms with Crippen LogP contribution in [0.5, 0.6) is 0 Å². The molecule has 1 amide bonds. The molecule has 0 unspecified atom stereocenters. The van der Waals surface area contributed by atoms with Gasteiger partial charge in [0.1, 0.15) is 0 Å². The summed E-state index contributed by atoms with van der Waals surface area (Å²) in [6.45, 7) is 4.35. The van der Waals surface area contributed by atoms with Crippen LogP contribution in [0.25, 0.3) is 0 Å². The maximum Gasteiger partial charge on any atom is 0.261 e. The molecule has 0 radical (unpaired) electrons. The molecular weight excluding hydrogens is 278 g/mol. The summed E-state index contributed by atoms with van der Waals surface area (Å²) in [5.74, 6) is -0.0594. The molecule has 0 atom stereocenters. The standard InChI is InChI=1S/C10H14BrNO2S/c1-10(2,14-3)6-12-9(13)7-4-5-8(11)15-7/h4-5H,6H2,1-3H3,(H,12,13). The minimum Gasteiger partial charge on any atom is -0.377 e. The van der Waals surface area contributed by atoms with Gasteiger partial charge in [-0.05, 0) is 41.9 Å². The second kappa shape index (κ2) is 5.09. The van der Waals surface area contributed by atoms with E-state index in [1.54, 1.807) is 13.2 Å². The summed E-state index contributed by atoms with van der Waals surface area (Å²) < 4.78 is 6.17. The van der Waals surface area contributed by atoms with E-state index in [0.717, 1.165) is 3.79 Å². The second-order valence-corrected chi connectivity index (χ2v) is 6.21. The summed E-state index contributed by atoms with van der Waals surface area (Å²) in [6.07, 6.45) is 0. The molecule has 0 aromatic carbocycles. The molecule has 1 N–H and O–H groups in total. The molecule has 1 rings (SSSR count). The molecule has 1 heterocycles. The lowest BCUT2D eigenvalue weighted by molar-refractivity contribution is 0.0229. The molecule has 0 aliphatic heterocycles. The van der Waals surface area contributed by atoms with E-state index in [0.29, 0.717) is 11.4 Å². The van der Waals surface area contributed by atoms with Crippen LogP contribution in [0, 0.1) is 0 Å². The molecule has 0 saturated heterocycles. The number of carbonyl (C=O) groups excluding carboxylic acids is 1. The Kier molecular flexibility index (Phi) is 4.31. The fourth-order valence-electron chi connectivity index (χ4n) is 0.889. The molecule has 5 heteroatoms. The Balaban J connectivity index is 2.50. The van der Waals surface area contributed by atoms with Crippen LogP contribution in [0.3, 0.4) is 0 Å². The summed E-state index contributed by atoms with van der Waals surface area (Å²) in [4.78, 5) is 12.3. The van der Waals surface area contributed by atoms with Crippen molar-refractivity contribution in [2.75, 3.05) is 13.7 Å². The number of ether oxygens (including phenoxy) is 1. The highest BCUT2D eigenvalue weighted by Gasteiger charge is 2.18. The number of methoxy groups -OCH3 is 1. The average Bonchev–Trinajstić information content (AvgIpc) is 2.61. The lowest BCUT2D eigenvalue weighted by atomic mass is 10.1. The fraction of sp³-hybridized carbons (Fsp3) is 0.500. The van der Waals surface area contributed by atoms with Gasteiger partial charge < -0.3 is 10.1 Å². The topological polar surface area (TPSA) is 38.3 Å². The molecule has 0 spiro atoms. The third-order valence-electron chi connectivity index (χ3n) is 2.02. The van der Waals surface area contributed by atoms with E-state index >= 15 is 0 Å². The minimum absolute atomic E-state index is 0.0594. The molecule has 1 aromatic heterocycles. The normalized spacial score (nSPS) is 11.5. The summed E-state index contributed by atoms with van der Waals surface area (Å²) in [5, 5.41) is 2.83. The van der Waals surface area contributed by atoms with Crippen molar-refractivity contribution in [1.29, 1.82) is 0 Å². The second-order valence-electron chi connectivity index (χ2n) is 3.75. The first kappa shape index (κ1) is 12.7. The highest BCUT2D eigenvalue weighted by molar-refractivity contribution is 9.11. The van der Waals surface area contributed by atoms with Gasteiger partial charge in [0, 0.05) is 13.7 Å². The van der Waals surface area contributed by atoms with Crippen LogP contribution < -0.4 is 5.32 Å². The third-order valence-corrected chi connectivity index (χ3v) is 3.65. The van der Waals surface area contributed by atoms with Crippen LogP contribution in [0.2, 0.25) is 0 Å². The molecule has 15 heavy (non-hydrogen) atoms. The van der Waals surface area contributed by atoms with E-state index in [2.05, 4.69) is 21.2 Å². The maximum atomic E-state index is 11.6. The molecular formula is C10H14BrNO2S. The Labute approximate surface area is 102 Å². The monoisotopic (exact) mass is 291 g/mol. The van der Waals surface area contributed by atoms with Crippen LogP contribution in [0.15, 0.2) is 15.9 Å². The summed E-state index contributed by atoms with van der Waals surface area (Å²) in [7, 11) is 1.63. The van der Waals surface area contributed by atoms with Crippen LogP contribution in [0.4, 0.5) is 0 Å². The van der Waals surface area contributed by atoms with Crippen LogP contribution >= 0.6 is 27.3 Å². The van der Waals surface area contributed by atoms with Gasteiger partial charge in [-0.3, -0.25) is 4.79 Å². The number of hydrogen-bond acceptors (Lipinski definition) is 3. The molecule has 84 valence electrons. The van der Waals surface area contributed by atoms with Crippen molar-refractivity contribution in [2.24, 2.45) is 0 Å². The zero-order valence-corrected chi connectivity index (χ0v) is 11.4. The smallest absolute Gasteiger partial charge is 0.261 e. The van der Waals surface area contributed by atoms with E-state index in [9.17, 15) is 4.79 Å². The van der Waals surface area contributed by atoms with Gasteiger partial charge in [0.15, 0.2) is 0 Å². The zero-order chi connectivity index (χ0) is 11.5. The van der Waals surface area contributed by atoms with Crippen molar-refractivity contribution in [3.63, 3.8) is 0 Å². The van der Waals surface area contributed by atoms with Gasteiger partial charge in [0.2, 0.25) is 0 Å². The predicted octanol–water partition coefficient (Wildman–Crippen LogP) is 2.67. The Hall–Kier alpha value is -0.390. The average molecular weight is 292 g/mol. The summed E-state index contributed by atoms with van der Waals surface area (Å²) in [6, 6.07) is 3.66. The first-order valence-electron chi connectivity index (χ1n) is 4.53. The largest absolute Gasteiger partial charge is 0.377 e. The van der Waals surface area contributed by atoms with Crippen molar-refractivity contribution in [3.8, 4) is 0 Å². The Bertz CT molecular complexity index is 349. The van der Waals surface area contributed by atoms with Gasteiger partial charge in [-0.2, -0.15) is 0 Å². The molecule has 0 aliphatic rings. The SMILES string of the molecule is COC(C)(C)CNC(=O)c1ccc(Br)s1. The van der Waals surface area contributed by atoms with E-state index in [4.69, 9.17) is 4.74 Å². The molecule has 0 bridgehead atoms. The predicted molar refractivity (Wildman–Crippen MR) is 65.4 cm³/mol. The molecule has 3 nitrogen and oxygen atoms in total. The number of halogens is 1. The Morgan fingerprint density at radius 1 is 1.60 bits per heavy atom. The number of carbonyl (C=O) groups is 1. The molecule has 0 saturated carbocycles. The van der Waals surface area contributed by atoms with Gasteiger partial charge in [-0.15, -0.1) is 11.3 Å². The number of nitrogens with one attached hydrogen (secondary N) is 1. The number of rotatable bonds is 4. The van der Waals surface area contributed by atoms with E-state index < -0.39 is 0 Å². The number of thiophene rings is 1. The quantitative estimate of drug-likeness (QED) is 0.926. The molecule has 0 fully saturated rings. The Morgan fingerprint density at radius 3 is 2.73 bits per heavy atom.